The summed E-state index contributed by atoms with van der Waals surface area (Å²) in [5.74, 6) is -2.14. The Morgan fingerprint density at radius 3 is 2.22 bits per heavy atom. The van der Waals surface area contributed by atoms with E-state index in [-0.39, 0.29) is 34.8 Å². The number of benzene rings is 3. The molecule has 37 heavy (non-hydrogen) atoms. The summed E-state index contributed by atoms with van der Waals surface area (Å²) in [5.41, 5.74) is 2.02. The second kappa shape index (κ2) is 10.6. The topological polar surface area (TPSA) is 102 Å². The maximum Gasteiger partial charge on any atom is 0.338 e. The highest BCUT2D eigenvalue weighted by Gasteiger charge is 2.48. The Labute approximate surface area is 214 Å². The van der Waals surface area contributed by atoms with Crippen LogP contribution in [-0.2, 0) is 14.3 Å². The molecule has 0 aromatic heterocycles. The average molecular weight is 502 g/mol. The van der Waals surface area contributed by atoms with Crippen molar-refractivity contribution in [3.8, 4) is 11.5 Å². The van der Waals surface area contributed by atoms with Gasteiger partial charge in [0.05, 0.1) is 38.0 Å². The van der Waals surface area contributed by atoms with Gasteiger partial charge in [0.1, 0.15) is 22.8 Å². The Hall–Kier alpha value is -4.59. The van der Waals surface area contributed by atoms with E-state index in [9.17, 15) is 19.5 Å². The van der Waals surface area contributed by atoms with Gasteiger partial charge in [0.2, 0.25) is 0 Å². The van der Waals surface area contributed by atoms with E-state index in [1.165, 1.54) is 25.2 Å². The van der Waals surface area contributed by atoms with Gasteiger partial charge in [-0.15, -0.1) is 0 Å². The lowest BCUT2D eigenvalue weighted by atomic mass is 9.92. The molecule has 1 aliphatic heterocycles. The van der Waals surface area contributed by atoms with Crippen molar-refractivity contribution in [2.24, 2.45) is 0 Å². The van der Waals surface area contributed by atoms with Crippen LogP contribution < -0.4 is 14.4 Å². The molecule has 0 spiro atoms. The molecule has 0 saturated carbocycles. The number of ketones is 1. The first-order valence-electron chi connectivity index (χ1n) is 11.7. The Morgan fingerprint density at radius 2 is 1.59 bits per heavy atom. The number of anilines is 1. The fraction of sp³-hybridized carbons (Fsp3) is 0.207. The van der Waals surface area contributed by atoms with Gasteiger partial charge in [0.25, 0.3) is 11.7 Å². The average Bonchev–Trinajstić information content (AvgIpc) is 3.18. The number of hydrogen-bond acceptors (Lipinski definition) is 7. The molecule has 190 valence electrons. The minimum atomic E-state index is -0.978. The summed E-state index contributed by atoms with van der Waals surface area (Å²) >= 11 is 0. The number of aliphatic hydroxyl groups is 1. The van der Waals surface area contributed by atoms with Crippen molar-refractivity contribution >= 4 is 29.1 Å². The predicted octanol–water partition coefficient (Wildman–Crippen LogP) is 4.82. The van der Waals surface area contributed by atoms with Crippen molar-refractivity contribution in [2.45, 2.75) is 19.9 Å². The highest BCUT2D eigenvalue weighted by molar-refractivity contribution is 6.51. The summed E-state index contributed by atoms with van der Waals surface area (Å²) < 4.78 is 16.0. The minimum absolute atomic E-state index is 0.122. The van der Waals surface area contributed by atoms with Gasteiger partial charge in [0, 0.05) is 5.69 Å². The van der Waals surface area contributed by atoms with Gasteiger partial charge in [-0.3, -0.25) is 14.5 Å². The lowest BCUT2D eigenvalue weighted by Crippen LogP contribution is -2.30. The molecule has 0 bridgehead atoms. The summed E-state index contributed by atoms with van der Waals surface area (Å²) in [6.45, 7) is 3.75. The molecular weight excluding hydrogens is 474 g/mol. The Balaban J connectivity index is 2.00. The summed E-state index contributed by atoms with van der Waals surface area (Å²) in [7, 11) is 2.87. The molecule has 1 N–H and O–H groups in total. The Kier molecular flexibility index (Phi) is 7.29. The quantitative estimate of drug-likeness (QED) is 0.214. The van der Waals surface area contributed by atoms with Crippen LogP contribution in [0, 0.1) is 6.92 Å². The molecule has 8 heteroatoms. The molecule has 1 saturated heterocycles. The largest absolute Gasteiger partial charge is 0.506 e. The molecule has 1 fully saturated rings. The maximum absolute atomic E-state index is 13.5. The number of aliphatic hydroxyl groups excluding tert-OH is 1. The van der Waals surface area contributed by atoms with Crippen LogP contribution in [0.4, 0.5) is 5.69 Å². The van der Waals surface area contributed by atoms with Crippen molar-refractivity contribution in [3.63, 3.8) is 0 Å². The summed E-state index contributed by atoms with van der Waals surface area (Å²) in [4.78, 5) is 40.7. The third-order valence-corrected chi connectivity index (χ3v) is 6.23. The zero-order valence-corrected chi connectivity index (χ0v) is 21.0. The number of carbonyl (C=O) groups excluding carboxylic acids is 3. The van der Waals surface area contributed by atoms with E-state index in [0.717, 1.165) is 5.56 Å². The third kappa shape index (κ3) is 4.53. The molecule has 1 heterocycles. The van der Waals surface area contributed by atoms with Crippen molar-refractivity contribution in [3.05, 3.63) is 94.6 Å². The monoisotopic (exact) mass is 501 g/mol. The van der Waals surface area contributed by atoms with Crippen LogP contribution in [-0.4, -0.2) is 43.6 Å². The number of carbonyl (C=O) groups is 3. The normalized spacial score (nSPS) is 16.5. The number of esters is 1. The van der Waals surface area contributed by atoms with Crippen molar-refractivity contribution < 1.29 is 33.7 Å². The predicted molar refractivity (Wildman–Crippen MR) is 138 cm³/mol. The van der Waals surface area contributed by atoms with Crippen LogP contribution in [0.3, 0.4) is 0 Å². The second-order valence-corrected chi connectivity index (χ2v) is 8.33. The molecule has 3 aromatic carbocycles. The first kappa shape index (κ1) is 25.5. The number of amides is 1. The maximum atomic E-state index is 13.5. The minimum Gasteiger partial charge on any atom is -0.506 e. The first-order chi connectivity index (χ1) is 17.8. The van der Waals surface area contributed by atoms with Crippen LogP contribution in [0.2, 0.25) is 0 Å². The highest BCUT2D eigenvalue weighted by Crippen LogP contribution is 2.45. The molecule has 0 radical (unpaired) electrons. The van der Waals surface area contributed by atoms with Crippen LogP contribution in [0.1, 0.15) is 40.0 Å². The molecule has 4 rings (SSSR count). The standard InChI is InChI=1S/C29H27NO7/c1-5-37-29(34)18-11-8-12-19(16-18)30-25(20-13-7-6-10-17(20)2)24(27(32)28(30)33)26(31)23-21(35-3)14-9-15-22(23)36-4/h6-16,25,31H,5H2,1-4H3/b26-24+. The molecule has 1 amide bonds. The molecular formula is C29H27NO7. The van der Waals surface area contributed by atoms with E-state index in [4.69, 9.17) is 14.2 Å². The Bertz CT molecular complexity index is 1390. The fourth-order valence-corrected chi connectivity index (χ4v) is 4.50. The van der Waals surface area contributed by atoms with Gasteiger partial charge < -0.3 is 19.3 Å². The fourth-order valence-electron chi connectivity index (χ4n) is 4.50. The first-order valence-corrected chi connectivity index (χ1v) is 11.7. The van der Waals surface area contributed by atoms with E-state index in [2.05, 4.69) is 0 Å². The molecule has 3 aromatic rings. The number of aryl methyl sites for hydroxylation is 1. The van der Waals surface area contributed by atoms with Gasteiger partial charge in [-0.1, -0.05) is 36.4 Å². The van der Waals surface area contributed by atoms with Gasteiger partial charge in [0.15, 0.2) is 0 Å². The van der Waals surface area contributed by atoms with Crippen LogP contribution in [0.15, 0.2) is 72.3 Å². The highest BCUT2D eigenvalue weighted by atomic mass is 16.5. The van der Waals surface area contributed by atoms with E-state index in [1.807, 2.05) is 19.1 Å². The van der Waals surface area contributed by atoms with Gasteiger partial charge >= 0.3 is 5.97 Å². The smallest absolute Gasteiger partial charge is 0.338 e. The number of nitrogens with zero attached hydrogens (tertiary/aromatic N) is 1. The van der Waals surface area contributed by atoms with E-state index in [0.29, 0.717) is 11.3 Å². The van der Waals surface area contributed by atoms with Crippen LogP contribution in [0.5, 0.6) is 11.5 Å². The zero-order valence-electron chi connectivity index (χ0n) is 21.0. The van der Waals surface area contributed by atoms with E-state index < -0.39 is 29.5 Å². The number of hydrogen-bond donors (Lipinski definition) is 1. The summed E-state index contributed by atoms with van der Waals surface area (Å²) in [6, 6.07) is 17.5. The number of Topliss-reactive ketones (excluding diaryl/α,β-unsaturated/α-hetero) is 1. The van der Waals surface area contributed by atoms with Crippen LogP contribution in [0.25, 0.3) is 5.76 Å². The van der Waals surface area contributed by atoms with Gasteiger partial charge in [-0.05, 0) is 55.3 Å². The lowest BCUT2D eigenvalue weighted by molar-refractivity contribution is -0.132. The molecule has 0 aliphatic carbocycles. The molecule has 1 unspecified atom stereocenters. The van der Waals surface area contributed by atoms with Crippen LogP contribution >= 0.6 is 0 Å². The van der Waals surface area contributed by atoms with Gasteiger partial charge in [-0.2, -0.15) is 0 Å². The number of methoxy groups -OCH3 is 2. The molecule has 1 atom stereocenters. The SMILES string of the molecule is CCOC(=O)c1cccc(N2C(=O)C(=O)/C(=C(/O)c3c(OC)cccc3OC)C2c2ccccc2C)c1. The second-order valence-electron chi connectivity index (χ2n) is 8.33. The molecule has 1 aliphatic rings. The van der Waals surface area contributed by atoms with Gasteiger partial charge in [-0.25, -0.2) is 4.79 Å². The summed E-state index contributed by atoms with van der Waals surface area (Å²) in [6.07, 6.45) is 0. The van der Waals surface area contributed by atoms with Crippen molar-refractivity contribution in [2.75, 3.05) is 25.7 Å². The Morgan fingerprint density at radius 1 is 0.946 bits per heavy atom. The third-order valence-electron chi connectivity index (χ3n) is 6.23. The van der Waals surface area contributed by atoms with Crippen molar-refractivity contribution in [1.82, 2.24) is 0 Å². The number of rotatable bonds is 7. The van der Waals surface area contributed by atoms with E-state index >= 15 is 0 Å². The number of ether oxygens (including phenoxy) is 3. The lowest BCUT2D eigenvalue weighted by Gasteiger charge is -2.27. The van der Waals surface area contributed by atoms with E-state index in [1.54, 1.807) is 55.5 Å². The summed E-state index contributed by atoms with van der Waals surface area (Å²) in [5, 5.41) is 11.6. The molecule has 8 nitrogen and oxygen atoms in total. The van der Waals surface area contributed by atoms with Crippen molar-refractivity contribution in [1.29, 1.82) is 0 Å². The zero-order chi connectivity index (χ0) is 26.7.